The van der Waals surface area contributed by atoms with Crippen molar-refractivity contribution >= 4 is 23.5 Å². The van der Waals surface area contributed by atoms with Gasteiger partial charge in [0.25, 0.3) is 11.8 Å². The second-order valence-corrected chi connectivity index (χ2v) is 11.2. The van der Waals surface area contributed by atoms with Gasteiger partial charge in [-0.3, -0.25) is 9.59 Å². The Hall–Kier alpha value is -5.23. The number of carbonyl (C=O) groups is 3. The Morgan fingerprint density at radius 1 is 1.02 bits per heavy atom. The van der Waals surface area contributed by atoms with E-state index in [-0.39, 0.29) is 30.8 Å². The van der Waals surface area contributed by atoms with Crippen LogP contribution in [0.25, 0.3) is 0 Å². The molecule has 4 aromatic rings. The molecule has 0 spiro atoms. The van der Waals surface area contributed by atoms with Gasteiger partial charge in [-0.15, -0.1) is 0 Å². The van der Waals surface area contributed by atoms with Crippen LogP contribution in [-0.2, 0) is 27.4 Å². The van der Waals surface area contributed by atoms with Crippen molar-refractivity contribution in [1.82, 2.24) is 20.0 Å². The lowest BCUT2D eigenvalue weighted by molar-refractivity contribution is -0.138. The Labute approximate surface area is 265 Å². The number of nitrogens with zero attached hydrogens (tertiary/aromatic N) is 4. The number of ether oxygens (including phenoxy) is 3. The first kappa shape index (κ1) is 30.8. The van der Waals surface area contributed by atoms with E-state index < -0.39 is 18.2 Å². The molecule has 3 amide bonds. The van der Waals surface area contributed by atoms with Gasteiger partial charge in [-0.1, -0.05) is 42.5 Å². The molecule has 1 saturated heterocycles. The summed E-state index contributed by atoms with van der Waals surface area (Å²) in [7, 11) is 1.60. The minimum absolute atomic E-state index is 0.0498. The number of hydrogen-bond acceptors (Lipinski definition) is 7. The highest BCUT2D eigenvalue weighted by atomic mass is 19.1. The van der Waals surface area contributed by atoms with Gasteiger partial charge < -0.3 is 29.3 Å². The highest BCUT2D eigenvalue weighted by molar-refractivity contribution is 6.00. The molecule has 0 saturated carbocycles. The van der Waals surface area contributed by atoms with Crippen molar-refractivity contribution in [2.75, 3.05) is 38.3 Å². The number of likely N-dealkylation sites (N-methyl/N-ethyl adjacent to an activating group) is 1. The number of fused-ring (bicyclic) bond motifs is 1. The van der Waals surface area contributed by atoms with Gasteiger partial charge in [0, 0.05) is 38.7 Å². The van der Waals surface area contributed by atoms with Gasteiger partial charge in [0.1, 0.15) is 42.7 Å². The average Bonchev–Trinajstić information content (AvgIpc) is 3.65. The lowest BCUT2D eigenvalue weighted by Crippen LogP contribution is -2.50. The van der Waals surface area contributed by atoms with Gasteiger partial charge in [0.05, 0.1) is 25.0 Å². The largest absolute Gasteiger partial charge is 0.492 e. The van der Waals surface area contributed by atoms with E-state index in [9.17, 15) is 18.8 Å². The third kappa shape index (κ3) is 7.18. The molecule has 2 aliphatic heterocycles. The zero-order valence-corrected chi connectivity index (χ0v) is 25.3. The van der Waals surface area contributed by atoms with Crippen molar-refractivity contribution in [3.63, 3.8) is 0 Å². The molecule has 3 aromatic carbocycles. The third-order valence-electron chi connectivity index (χ3n) is 7.94. The molecule has 0 unspecified atom stereocenters. The van der Waals surface area contributed by atoms with Crippen molar-refractivity contribution in [3.05, 3.63) is 108 Å². The molecule has 1 N–H and O–H groups in total. The van der Waals surface area contributed by atoms with Crippen molar-refractivity contribution < 1.29 is 33.0 Å². The predicted octanol–water partition coefficient (Wildman–Crippen LogP) is 3.79. The molecular formula is C34H34FN5O6. The number of amides is 3. The van der Waals surface area contributed by atoms with E-state index in [0.29, 0.717) is 55.3 Å². The number of benzene rings is 3. The van der Waals surface area contributed by atoms with Gasteiger partial charge >= 0.3 is 6.03 Å². The number of rotatable bonds is 10. The van der Waals surface area contributed by atoms with Crippen molar-refractivity contribution in [3.8, 4) is 11.5 Å². The van der Waals surface area contributed by atoms with Gasteiger partial charge in [0.2, 0.25) is 0 Å². The summed E-state index contributed by atoms with van der Waals surface area (Å²) < 4.78 is 32.3. The first-order valence-corrected chi connectivity index (χ1v) is 15.0. The molecule has 46 heavy (non-hydrogen) atoms. The van der Waals surface area contributed by atoms with E-state index in [4.69, 9.17) is 14.2 Å². The second-order valence-electron chi connectivity index (χ2n) is 11.2. The van der Waals surface area contributed by atoms with E-state index in [1.165, 1.54) is 29.4 Å². The number of anilines is 1. The minimum Gasteiger partial charge on any atom is -0.492 e. The molecule has 1 fully saturated rings. The molecule has 0 aliphatic carbocycles. The van der Waals surface area contributed by atoms with Crippen molar-refractivity contribution in [2.45, 2.75) is 31.6 Å². The van der Waals surface area contributed by atoms with Crippen LogP contribution in [0.5, 0.6) is 11.5 Å². The summed E-state index contributed by atoms with van der Waals surface area (Å²) in [4.78, 5) is 42.2. The number of aromatic nitrogens is 2. The van der Waals surface area contributed by atoms with Crippen LogP contribution in [0.4, 0.5) is 14.9 Å². The van der Waals surface area contributed by atoms with Gasteiger partial charge in [-0.05, 0) is 41.0 Å². The molecule has 238 valence electrons. The zero-order valence-electron chi connectivity index (χ0n) is 25.3. The van der Waals surface area contributed by atoms with Crippen LogP contribution in [0.15, 0.2) is 85.2 Å². The van der Waals surface area contributed by atoms with Crippen LogP contribution in [0.2, 0.25) is 0 Å². The normalized spacial score (nSPS) is 17.8. The van der Waals surface area contributed by atoms with Crippen LogP contribution in [-0.4, -0.2) is 78.0 Å². The Bertz CT molecular complexity index is 1710. The van der Waals surface area contributed by atoms with E-state index in [1.807, 2.05) is 30.3 Å². The third-order valence-corrected chi connectivity index (χ3v) is 7.94. The quantitative estimate of drug-likeness (QED) is 0.285. The molecule has 0 bridgehead atoms. The second kappa shape index (κ2) is 13.8. The molecule has 6 rings (SSSR count). The number of nitrogens with one attached hydrogen (secondary N) is 1. The lowest BCUT2D eigenvalue weighted by atomic mass is 10.1. The molecule has 1 aromatic heterocycles. The zero-order chi connectivity index (χ0) is 32.0. The summed E-state index contributed by atoms with van der Waals surface area (Å²) in [5.41, 5.74) is 2.97. The molecule has 0 radical (unpaired) electrons. The van der Waals surface area contributed by atoms with E-state index >= 15 is 0 Å². The standard InChI is InChI=1S/C34H34FN5O6/c1-38-29-18-27(44-15-14-39-13-12-31(33(39)42)45-21-23-6-3-2-4-7-23)10-11-30(29)46-22-28(32(38)41)37-34(43)40-20-25(19-36-40)16-24-8-5-9-26(35)17-24/h2-11,17-20,28,31H,12-16,21-22H2,1H3,(H,37,43)/t28-,31-/m0/s1. The fourth-order valence-electron chi connectivity index (χ4n) is 5.46. The van der Waals surface area contributed by atoms with E-state index in [1.54, 1.807) is 42.3 Å². The lowest BCUT2D eigenvalue weighted by Gasteiger charge is -2.21. The summed E-state index contributed by atoms with van der Waals surface area (Å²) >= 11 is 0. The monoisotopic (exact) mass is 627 g/mol. The molecule has 12 heteroatoms. The summed E-state index contributed by atoms with van der Waals surface area (Å²) in [6.07, 6.45) is 3.63. The topological polar surface area (TPSA) is 115 Å². The molecule has 2 atom stereocenters. The number of likely N-dealkylation sites (tertiary alicyclic amines) is 1. The summed E-state index contributed by atoms with van der Waals surface area (Å²) in [5.74, 6) is 0.211. The fourth-order valence-corrected chi connectivity index (χ4v) is 5.46. The Morgan fingerprint density at radius 3 is 2.67 bits per heavy atom. The van der Waals surface area contributed by atoms with Gasteiger partial charge in [-0.2, -0.15) is 9.78 Å². The van der Waals surface area contributed by atoms with Crippen LogP contribution in [0, 0.1) is 5.82 Å². The minimum atomic E-state index is -0.969. The maximum atomic E-state index is 13.5. The van der Waals surface area contributed by atoms with Gasteiger partial charge in [-0.25, -0.2) is 9.18 Å². The van der Waals surface area contributed by atoms with Gasteiger partial charge in [0.15, 0.2) is 0 Å². The first-order valence-electron chi connectivity index (χ1n) is 15.0. The SMILES string of the molecule is CN1C(=O)[C@@H](NC(=O)n2cc(Cc3cccc(F)c3)cn2)COc2ccc(OCCN3CC[C@H](OCc4ccccc4)C3=O)cc21. The van der Waals surface area contributed by atoms with Crippen LogP contribution >= 0.6 is 0 Å². The predicted molar refractivity (Wildman–Crippen MR) is 166 cm³/mol. The van der Waals surface area contributed by atoms with Crippen LogP contribution < -0.4 is 19.7 Å². The van der Waals surface area contributed by atoms with Crippen LogP contribution in [0.1, 0.15) is 23.1 Å². The maximum absolute atomic E-state index is 13.5. The molecular weight excluding hydrogens is 593 g/mol. The molecule has 11 nitrogen and oxygen atoms in total. The Kier molecular flexibility index (Phi) is 9.25. The Balaban J connectivity index is 1.00. The highest BCUT2D eigenvalue weighted by Crippen LogP contribution is 2.34. The molecule has 3 heterocycles. The summed E-state index contributed by atoms with van der Waals surface area (Å²) in [6, 6.07) is 19.5. The molecule has 2 aliphatic rings. The smallest absolute Gasteiger partial charge is 0.342 e. The Morgan fingerprint density at radius 2 is 1.85 bits per heavy atom. The first-order chi connectivity index (χ1) is 22.3. The van der Waals surface area contributed by atoms with Crippen molar-refractivity contribution in [1.29, 1.82) is 0 Å². The van der Waals surface area contributed by atoms with Crippen molar-refractivity contribution in [2.24, 2.45) is 0 Å². The number of hydrogen-bond donors (Lipinski definition) is 1. The van der Waals surface area contributed by atoms with Crippen LogP contribution in [0.3, 0.4) is 0 Å². The fraction of sp³-hybridized carbons (Fsp3) is 0.294. The summed E-state index contributed by atoms with van der Waals surface area (Å²) in [5, 5.41) is 6.79. The number of halogens is 1. The maximum Gasteiger partial charge on any atom is 0.342 e. The summed E-state index contributed by atoms with van der Waals surface area (Å²) in [6.45, 7) is 1.56. The highest BCUT2D eigenvalue weighted by Gasteiger charge is 2.33. The average molecular weight is 628 g/mol. The van der Waals surface area contributed by atoms with E-state index in [0.717, 1.165) is 15.8 Å². The van der Waals surface area contributed by atoms with E-state index in [2.05, 4.69) is 10.4 Å². The number of carbonyl (C=O) groups excluding carboxylic acids is 3.